The van der Waals surface area contributed by atoms with Gasteiger partial charge in [0.15, 0.2) is 6.61 Å². The molecule has 27 heavy (non-hydrogen) atoms. The molecular formula is C19H21N3O5. The van der Waals surface area contributed by atoms with Crippen molar-refractivity contribution in [2.45, 2.75) is 20.4 Å². The first-order chi connectivity index (χ1) is 12.8. The van der Waals surface area contributed by atoms with Gasteiger partial charge in [0, 0.05) is 36.6 Å². The highest BCUT2D eigenvalue weighted by molar-refractivity contribution is 6.00. The van der Waals surface area contributed by atoms with Gasteiger partial charge in [0.1, 0.15) is 5.69 Å². The second-order valence-corrected chi connectivity index (χ2v) is 5.92. The molecule has 0 radical (unpaired) electrons. The fourth-order valence-corrected chi connectivity index (χ4v) is 2.81. The molecule has 2 rings (SSSR count). The third-order valence-electron chi connectivity index (χ3n) is 4.22. The Morgan fingerprint density at radius 3 is 2.63 bits per heavy atom. The zero-order valence-corrected chi connectivity index (χ0v) is 15.4. The van der Waals surface area contributed by atoms with E-state index >= 15 is 0 Å². The Kier molecular flexibility index (Phi) is 6.12. The number of aromatic nitrogens is 1. The third-order valence-corrected chi connectivity index (χ3v) is 4.22. The van der Waals surface area contributed by atoms with Crippen LogP contribution in [-0.2, 0) is 11.3 Å². The molecule has 1 aromatic carbocycles. The Hall–Kier alpha value is -3.42. The maximum atomic E-state index is 12.4. The van der Waals surface area contributed by atoms with E-state index < -0.39 is 17.5 Å². The van der Waals surface area contributed by atoms with Crippen LogP contribution in [0.25, 0.3) is 0 Å². The largest absolute Gasteiger partial charge is 0.454 e. The van der Waals surface area contributed by atoms with Crippen molar-refractivity contribution >= 4 is 23.1 Å². The van der Waals surface area contributed by atoms with Crippen LogP contribution in [0.3, 0.4) is 0 Å². The second-order valence-electron chi connectivity index (χ2n) is 5.92. The molecule has 0 spiro atoms. The van der Waals surface area contributed by atoms with Gasteiger partial charge in [-0.25, -0.2) is 4.79 Å². The molecule has 0 unspecified atom stereocenters. The Labute approximate surface area is 156 Å². The lowest BCUT2D eigenvalue weighted by Crippen LogP contribution is -2.15. The number of benzene rings is 1. The number of hydrogen-bond donors (Lipinski definition) is 1. The van der Waals surface area contributed by atoms with Crippen molar-refractivity contribution in [3.05, 3.63) is 69.5 Å². The fourth-order valence-electron chi connectivity index (χ4n) is 2.81. The van der Waals surface area contributed by atoms with E-state index in [1.165, 1.54) is 12.1 Å². The van der Waals surface area contributed by atoms with Gasteiger partial charge in [-0.05, 0) is 32.0 Å². The van der Waals surface area contributed by atoms with Gasteiger partial charge >= 0.3 is 5.97 Å². The SMILES string of the molecule is C=CCn1c(C)cc(C(=O)COC(=O)c2ccc(NC)c([N+](=O)[O-])c2)c1C. The summed E-state index contributed by atoms with van der Waals surface area (Å²) >= 11 is 0. The molecule has 0 atom stereocenters. The summed E-state index contributed by atoms with van der Waals surface area (Å²) < 4.78 is 6.99. The van der Waals surface area contributed by atoms with Crippen LogP contribution in [0.5, 0.6) is 0 Å². The van der Waals surface area contributed by atoms with Gasteiger partial charge in [-0.1, -0.05) is 6.08 Å². The highest BCUT2D eigenvalue weighted by atomic mass is 16.6. The molecule has 0 saturated carbocycles. The quantitative estimate of drug-likeness (QED) is 0.251. The summed E-state index contributed by atoms with van der Waals surface area (Å²) in [7, 11) is 1.54. The van der Waals surface area contributed by atoms with E-state index in [-0.39, 0.29) is 22.7 Å². The van der Waals surface area contributed by atoms with Crippen molar-refractivity contribution < 1.29 is 19.2 Å². The molecule has 0 bridgehead atoms. The molecule has 142 valence electrons. The molecule has 0 aliphatic rings. The van der Waals surface area contributed by atoms with Crippen LogP contribution >= 0.6 is 0 Å². The summed E-state index contributed by atoms with van der Waals surface area (Å²) in [5, 5.41) is 13.8. The highest BCUT2D eigenvalue weighted by Gasteiger charge is 2.20. The molecule has 0 aliphatic carbocycles. The van der Waals surface area contributed by atoms with E-state index in [4.69, 9.17) is 4.74 Å². The van der Waals surface area contributed by atoms with Gasteiger partial charge in [0.05, 0.1) is 10.5 Å². The molecule has 1 heterocycles. The Morgan fingerprint density at radius 1 is 1.33 bits per heavy atom. The molecule has 0 saturated heterocycles. The van der Waals surface area contributed by atoms with E-state index in [1.807, 2.05) is 18.4 Å². The summed E-state index contributed by atoms with van der Waals surface area (Å²) in [6.45, 7) is 7.51. The second kappa shape index (κ2) is 8.31. The maximum absolute atomic E-state index is 12.4. The first kappa shape index (κ1) is 19.9. The molecule has 8 heteroatoms. The lowest BCUT2D eigenvalue weighted by Gasteiger charge is -2.08. The standard InChI is InChI=1S/C19H21N3O5/c1-5-8-21-12(2)9-15(13(21)3)18(23)11-27-19(24)14-6-7-16(20-4)17(10-14)22(25)26/h5-7,9-10,20H,1,8,11H2,2-4H3. The van der Waals surface area contributed by atoms with Gasteiger partial charge in [-0.3, -0.25) is 14.9 Å². The number of nitro benzene ring substituents is 1. The number of carbonyl (C=O) groups excluding carboxylic acids is 2. The number of ketones is 1. The predicted molar refractivity (Wildman–Crippen MR) is 101 cm³/mol. The van der Waals surface area contributed by atoms with Gasteiger partial charge in [0.25, 0.3) is 5.69 Å². The third kappa shape index (κ3) is 4.22. The highest BCUT2D eigenvalue weighted by Crippen LogP contribution is 2.25. The summed E-state index contributed by atoms with van der Waals surface area (Å²) in [4.78, 5) is 35.1. The van der Waals surface area contributed by atoms with Crippen molar-refractivity contribution in [3.8, 4) is 0 Å². The fraction of sp³-hybridized carbons (Fsp3) is 0.263. The predicted octanol–water partition coefficient (Wildman–Crippen LogP) is 3.28. The van der Waals surface area contributed by atoms with Crippen LogP contribution in [-0.4, -0.2) is 34.9 Å². The normalized spacial score (nSPS) is 10.3. The lowest BCUT2D eigenvalue weighted by molar-refractivity contribution is -0.384. The number of hydrogen-bond acceptors (Lipinski definition) is 6. The smallest absolute Gasteiger partial charge is 0.338 e. The monoisotopic (exact) mass is 371 g/mol. The van der Waals surface area contributed by atoms with Crippen LogP contribution in [0.15, 0.2) is 36.9 Å². The van der Waals surface area contributed by atoms with Gasteiger partial charge < -0.3 is 14.6 Å². The van der Waals surface area contributed by atoms with Crippen molar-refractivity contribution in [2.75, 3.05) is 19.0 Å². The van der Waals surface area contributed by atoms with Crippen molar-refractivity contribution in [2.24, 2.45) is 0 Å². The minimum absolute atomic E-state index is 0.00521. The number of ether oxygens (including phenoxy) is 1. The number of allylic oxidation sites excluding steroid dienone is 1. The van der Waals surface area contributed by atoms with E-state index in [1.54, 1.807) is 19.2 Å². The van der Waals surface area contributed by atoms with Crippen LogP contribution in [0, 0.1) is 24.0 Å². The summed E-state index contributed by atoms with van der Waals surface area (Å²) in [5.74, 6) is -1.14. The minimum Gasteiger partial charge on any atom is -0.454 e. The Bertz CT molecular complexity index is 914. The Morgan fingerprint density at radius 2 is 2.04 bits per heavy atom. The van der Waals surface area contributed by atoms with Crippen LogP contribution in [0.2, 0.25) is 0 Å². The van der Waals surface area contributed by atoms with Crippen molar-refractivity contribution in [1.82, 2.24) is 4.57 Å². The topological polar surface area (TPSA) is 103 Å². The maximum Gasteiger partial charge on any atom is 0.338 e. The molecular weight excluding hydrogens is 350 g/mol. The van der Waals surface area contributed by atoms with Gasteiger partial charge in [-0.2, -0.15) is 0 Å². The molecule has 0 aliphatic heterocycles. The summed E-state index contributed by atoms with van der Waals surface area (Å²) in [6.07, 6.45) is 1.73. The first-order valence-electron chi connectivity index (χ1n) is 8.24. The van der Waals surface area contributed by atoms with Crippen LogP contribution in [0.1, 0.15) is 32.1 Å². The van der Waals surface area contributed by atoms with Crippen LogP contribution in [0.4, 0.5) is 11.4 Å². The van der Waals surface area contributed by atoms with Gasteiger partial charge in [0.2, 0.25) is 5.78 Å². The van der Waals surface area contributed by atoms with E-state index in [9.17, 15) is 19.7 Å². The van der Waals surface area contributed by atoms with E-state index in [2.05, 4.69) is 11.9 Å². The summed E-state index contributed by atoms with van der Waals surface area (Å²) in [6, 6.07) is 5.68. The molecule has 1 aromatic heterocycles. The zero-order valence-electron chi connectivity index (χ0n) is 15.4. The minimum atomic E-state index is -0.797. The molecule has 1 N–H and O–H groups in total. The number of rotatable bonds is 8. The Balaban J connectivity index is 2.13. The first-order valence-corrected chi connectivity index (χ1v) is 8.24. The molecule has 8 nitrogen and oxygen atoms in total. The lowest BCUT2D eigenvalue weighted by atomic mass is 10.1. The number of nitrogens with one attached hydrogen (secondary N) is 1. The zero-order chi connectivity index (χ0) is 20.1. The number of carbonyl (C=O) groups is 2. The average Bonchev–Trinajstić information content (AvgIpc) is 2.93. The molecule has 0 fully saturated rings. The number of esters is 1. The summed E-state index contributed by atoms with van der Waals surface area (Å²) in [5.41, 5.74) is 2.18. The van der Waals surface area contributed by atoms with E-state index in [0.717, 1.165) is 17.5 Å². The number of anilines is 1. The molecule has 0 amide bonds. The molecule has 2 aromatic rings. The van der Waals surface area contributed by atoms with Crippen molar-refractivity contribution in [3.63, 3.8) is 0 Å². The van der Waals surface area contributed by atoms with E-state index in [0.29, 0.717) is 12.1 Å². The number of nitrogens with zero attached hydrogens (tertiary/aromatic N) is 2. The number of Topliss-reactive ketones (excluding diaryl/α,β-unsaturated/α-hetero) is 1. The van der Waals surface area contributed by atoms with Gasteiger partial charge in [-0.15, -0.1) is 6.58 Å². The number of aryl methyl sites for hydroxylation is 1. The van der Waals surface area contributed by atoms with Crippen molar-refractivity contribution in [1.29, 1.82) is 0 Å². The average molecular weight is 371 g/mol. The van der Waals surface area contributed by atoms with Crippen LogP contribution < -0.4 is 5.32 Å². The number of nitro groups is 1.